The number of rotatable bonds is 17. The quantitative estimate of drug-likeness (QED) is 0.0547. The van der Waals surface area contributed by atoms with E-state index in [4.69, 9.17) is 46.9 Å². The topological polar surface area (TPSA) is 502 Å². The van der Waals surface area contributed by atoms with Crippen molar-refractivity contribution in [1.29, 1.82) is 0 Å². The molecule has 10 aliphatic rings. The van der Waals surface area contributed by atoms with Crippen molar-refractivity contribution in [1.82, 2.24) is 47.9 Å². The van der Waals surface area contributed by atoms with Gasteiger partial charge in [-0.25, -0.2) is 4.79 Å². The number of halogens is 2. The Balaban J connectivity index is 0.986. The van der Waals surface area contributed by atoms with E-state index >= 15 is 28.8 Å². The second-order valence-corrected chi connectivity index (χ2v) is 31.4. The molecule has 3 unspecified atom stereocenters. The Labute approximate surface area is 668 Å². The number of hydrogen-bond acceptors (Lipinski definition) is 24. The highest BCUT2D eigenvalue weighted by molar-refractivity contribution is 6.32. The molecule has 4 saturated carbocycles. The number of carbonyl (C=O) groups excluding carboxylic acids is 9. The van der Waals surface area contributed by atoms with Crippen LogP contribution in [0.3, 0.4) is 0 Å². The molecule has 612 valence electrons. The standard InChI is InChI=1S/C80H90Cl2N10O23/c1-5-6-17-111-44-12-10-42(11-13-44)84-80(110)86-58(97)31-50-73(104)88-62-41-27-55(112-53-15-8-37(25-47(53)81)66(98)64(77(108)85-50)91-72(103)49(83-4)18-33(2)3)71(115-79-70(102)69(101)68(100)57(32-93)114-79)56(28-41)113-54-16-9-38(26-48(54)82)67(99)65-78(109)90-63(76(107)87-60-39-20-34-19-35(22-39)23-40(60)21-34)46-29-43(94)30-52(96)59(46)45-24-36(7-14-51(45)95)61(74(105)92-65)89-75(62)106/h7-16,24-30,33-35,39-40,49-50,57,60-70,79,83,93-96,98-102H,5-6,17-23,31-32H2,1-4H3,(H,85,108)(H,87,107)(H,88,104)(H,89,106)(H,90,109)(H,91,103)(H,92,105)(H2,84,86,97,110)/t34?,35?,39?,40?,49-,50?,57-,60?,61-,62?,63-,64?,65+,66-,67-,68-,69+,70-,79-/m1/s1. The molecule has 6 aromatic carbocycles. The first kappa shape index (κ1) is 82.4. The Morgan fingerprint density at radius 2 is 1.24 bits per heavy atom. The number of unbranched alkanes of at least 4 members (excludes halogenated alkanes) is 1. The number of anilines is 1. The van der Waals surface area contributed by atoms with E-state index in [0.29, 0.717) is 24.2 Å². The molecular weight excluding hydrogens is 1540 g/mol. The van der Waals surface area contributed by atoms with Gasteiger partial charge in [-0.15, -0.1) is 0 Å². The molecule has 1 saturated heterocycles. The monoisotopic (exact) mass is 1630 g/mol. The number of benzene rings is 6. The molecule has 19 N–H and O–H groups in total. The first-order chi connectivity index (χ1) is 54.9. The van der Waals surface area contributed by atoms with Crippen LogP contribution in [0.25, 0.3) is 11.1 Å². The number of urea groups is 1. The normalized spacial score (nSPS) is 27.9. The zero-order valence-corrected chi connectivity index (χ0v) is 64.1. The average molecular weight is 1630 g/mol. The second-order valence-electron chi connectivity index (χ2n) is 30.6. The molecule has 4 aliphatic carbocycles. The van der Waals surface area contributed by atoms with E-state index in [-0.39, 0.29) is 85.8 Å². The summed E-state index contributed by atoms with van der Waals surface area (Å²) in [6.07, 6.45) is -9.18. The number of imide groups is 1. The Kier molecular flexibility index (Phi) is 25.0. The van der Waals surface area contributed by atoms with E-state index in [1.165, 1.54) is 43.4 Å². The zero-order valence-electron chi connectivity index (χ0n) is 62.6. The van der Waals surface area contributed by atoms with Crippen molar-refractivity contribution >= 4 is 82.2 Å². The number of phenolic OH excluding ortho intramolecular Hbond substituents is 3. The van der Waals surface area contributed by atoms with Crippen molar-refractivity contribution in [2.24, 2.45) is 29.6 Å². The average Bonchev–Trinajstić information content (AvgIpc) is 0.760. The summed E-state index contributed by atoms with van der Waals surface area (Å²) in [5.74, 6) is -13.1. The van der Waals surface area contributed by atoms with Gasteiger partial charge in [0.15, 0.2) is 11.5 Å². The number of ether oxygens (including phenoxy) is 5. The van der Waals surface area contributed by atoms with Crippen molar-refractivity contribution in [2.45, 2.75) is 170 Å². The molecule has 6 aromatic rings. The lowest BCUT2D eigenvalue weighted by Crippen LogP contribution is -2.60. The van der Waals surface area contributed by atoms with Crippen molar-refractivity contribution < 1.29 is 113 Å². The van der Waals surface area contributed by atoms with Crippen LogP contribution in [0.15, 0.2) is 103 Å². The van der Waals surface area contributed by atoms with Gasteiger partial charge in [0.2, 0.25) is 59.3 Å². The van der Waals surface area contributed by atoms with Crippen LogP contribution in [-0.4, -0.2) is 180 Å². The minimum absolute atomic E-state index is 0.0664. The van der Waals surface area contributed by atoms with Crippen LogP contribution in [0.2, 0.25) is 10.0 Å². The molecule has 115 heavy (non-hydrogen) atoms. The van der Waals surface area contributed by atoms with E-state index in [9.17, 15) is 60.3 Å². The molecule has 10 amide bonds. The fourth-order valence-electron chi connectivity index (χ4n) is 16.4. The SMILES string of the molecule is CCCCOc1ccc(NC(=O)NC(=O)CC2NC(=O)C(NC(=O)[C@@H](CC(C)C)NC)[C@H](O)c3ccc(c(Cl)c3)Oc3cc4cc(c3O[C@H]3O[C@H](CO)[C@@H](O)[C@H](O)[C@H]3O)Oc3ccc(cc3Cl)[C@@H](O)[C@@H]3NC(=O)[C@H](NC(=O)C4NC2=O)c2ccc(O)c(c2)-c2c(O)cc(O)cc2[C@H](C(=O)NC2C4CC5CC(C4)CC2C5)NC3=O)cc1. The van der Waals surface area contributed by atoms with Gasteiger partial charge < -0.3 is 117 Å². The number of likely N-dealkylation sites (N-methyl/N-ethyl adjacent to an activating group) is 1. The number of aromatic hydroxyl groups is 3. The van der Waals surface area contributed by atoms with Crippen LogP contribution in [0.4, 0.5) is 10.5 Å². The third kappa shape index (κ3) is 17.9. The largest absolute Gasteiger partial charge is 0.508 e. The molecule has 0 radical (unpaired) electrons. The molecule has 5 fully saturated rings. The van der Waals surface area contributed by atoms with Gasteiger partial charge in [-0.05, 0) is 188 Å². The molecule has 14 atom stereocenters. The number of carbonyl (C=O) groups is 9. The van der Waals surface area contributed by atoms with Gasteiger partial charge in [-0.2, -0.15) is 0 Å². The Morgan fingerprint density at radius 1 is 0.626 bits per heavy atom. The Bertz CT molecular complexity index is 4720. The van der Waals surface area contributed by atoms with Crippen LogP contribution in [0, 0.1) is 29.6 Å². The summed E-state index contributed by atoms with van der Waals surface area (Å²) in [6, 6.07) is 4.80. The van der Waals surface area contributed by atoms with Gasteiger partial charge in [0.05, 0.1) is 35.7 Å². The molecular formula is C80H90Cl2N10O23. The fourth-order valence-corrected chi connectivity index (χ4v) is 16.9. The highest BCUT2D eigenvalue weighted by atomic mass is 35.5. The smallest absolute Gasteiger partial charge is 0.325 e. The minimum Gasteiger partial charge on any atom is -0.508 e. The highest BCUT2D eigenvalue weighted by Gasteiger charge is 2.51. The predicted octanol–water partition coefficient (Wildman–Crippen LogP) is 4.77. The van der Waals surface area contributed by atoms with Crippen molar-refractivity contribution in [3.63, 3.8) is 0 Å². The van der Waals surface area contributed by atoms with Gasteiger partial charge in [0.25, 0.3) is 0 Å². The lowest BCUT2D eigenvalue weighted by Gasteiger charge is -2.54. The van der Waals surface area contributed by atoms with Gasteiger partial charge in [0.1, 0.15) is 107 Å². The van der Waals surface area contributed by atoms with Gasteiger partial charge in [-0.3, -0.25) is 43.7 Å². The van der Waals surface area contributed by atoms with Crippen molar-refractivity contribution in [3.8, 4) is 62.9 Å². The Morgan fingerprint density at radius 3 is 1.86 bits per heavy atom. The van der Waals surface area contributed by atoms with Gasteiger partial charge in [0, 0.05) is 28.9 Å². The molecule has 0 spiro atoms. The van der Waals surface area contributed by atoms with Crippen LogP contribution >= 0.6 is 23.2 Å². The third-order valence-electron chi connectivity index (χ3n) is 22.1. The van der Waals surface area contributed by atoms with Crippen LogP contribution in [-0.2, 0) is 43.1 Å². The van der Waals surface area contributed by atoms with Crippen molar-refractivity contribution in [3.05, 3.63) is 141 Å². The molecule has 33 nitrogen and oxygen atoms in total. The lowest BCUT2D eigenvalue weighted by atomic mass is 9.54. The summed E-state index contributed by atoms with van der Waals surface area (Å²) in [7, 11) is 1.47. The minimum atomic E-state index is -2.39. The summed E-state index contributed by atoms with van der Waals surface area (Å²) >= 11 is 14.2. The maximum absolute atomic E-state index is 16.4. The van der Waals surface area contributed by atoms with Gasteiger partial charge >= 0.3 is 6.03 Å². The number of aliphatic hydroxyl groups excluding tert-OH is 6. The second kappa shape index (κ2) is 34.8. The first-order valence-corrected chi connectivity index (χ1v) is 38.7. The summed E-state index contributed by atoms with van der Waals surface area (Å²) < 4.78 is 31.1. The zero-order chi connectivity index (χ0) is 82.1. The summed E-state index contributed by atoms with van der Waals surface area (Å²) in [5.41, 5.74) is -2.05. The number of phenols is 3. The molecule has 6 aliphatic heterocycles. The molecule has 6 heterocycles. The van der Waals surface area contributed by atoms with Crippen LogP contribution in [0.1, 0.15) is 137 Å². The number of fused-ring (bicyclic) bond motifs is 15. The van der Waals surface area contributed by atoms with E-state index in [0.717, 1.165) is 99.5 Å². The first-order valence-electron chi connectivity index (χ1n) is 37.9. The summed E-state index contributed by atoms with van der Waals surface area (Å²) in [6.45, 7) is 5.08. The molecule has 35 heteroatoms. The number of hydrogen-bond donors (Lipinski definition) is 19. The molecule has 0 aromatic heterocycles. The van der Waals surface area contributed by atoms with Crippen LogP contribution < -0.4 is 72.1 Å². The summed E-state index contributed by atoms with van der Waals surface area (Å²) in [4.78, 5) is 137. The van der Waals surface area contributed by atoms with E-state index in [1.807, 2.05) is 20.8 Å². The molecule has 16 rings (SSSR count). The third-order valence-corrected chi connectivity index (χ3v) is 22.7. The lowest BCUT2D eigenvalue weighted by molar-refractivity contribution is -0.277. The molecule has 15 bridgehead atoms. The van der Waals surface area contributed by atoms with Crippen molar-refractivity contribution in [2.75, 3.05) is 25.6 Å². The predicted molar refractivity (Wildman–Crippen MR) is 409 cm³/mol. The van der Waals surface area contributed by atoms with E-state index in [1.54, 1.807) is 12.1 Å². The number of amides is 10. The maximum Gasteiger partial charge on any atom is 0.325 e. The fraction of sp³-hybridized carbons (Fsp3) is 0.438. The van der Waals surface area contributed by atoms with E-state index < -0.39 is 197 Å². The Hall–Kier alpha value is -10.6. The van der Waals surface area contributed by atoms with Gasteiger partial charge in [-0.1, -0.05) is 68.6 Å². The van der Waals surface area contributed by atoms with E-state index in [2.05, 4.69) is 53.2 Å². The highest BCUT2D eigenvalue weighted by Crippen LogP contribution is 2.55. The number of nitrogens with one attached hydrogen (secondary N) is 10. The maximum atomic E-state index is 16.4. The van der Waals surface area contributed by atoms with Crippen LogP contribution in [0.5, 0.6) is 51.7 Å². The number of aliphatic hydroxyl groups is 6. The summed E-state index contributed by atoms with van der Waals surface area (Å²) in [5, 5.41) is 130.